The van der Waals surface area contributed by atoms with Crippen molar-refractivity contribution in [3.8, 4) is 17.2 Å². The number of carbonyl (C=O) groups excluding carboxylic acids is 2. The SMILES string of the molecule is CCCCOc1ccc(C2/C(=C(/O)c3ccc4c(c3)CC(C)O4)C(=O)C(=O)N2c2nc3ccc(C)cc3s2)cc1OCC. The number of aromatic nitrogens is 1. The molecule has 222 valence electrons. The number of anilines is 1. The van der Waals surface area contributed by atoms with Gasteiger partial charge in [-0.05, 0) is 86.3 Å². The number of benzene rings is 3. The molecule has 0 bridgehead atoms. The molecule has 1 aromatic heterocycles. The van der Waals surface area contributed by atoms with Gasteiger partial charge in [0.05, 0.1) is 35.0 Å². The monoisotopic (exact) mass is 598 g/mol. The van der Waals surface area contributed by atoms with Crippen LogP contribution in [0.15, 0.2) is 60.2 Å². The highest BCUT2D eigenvalue weighted by Gasteiger charge is 2.48. The average Bonchev–Trinajstić information content (AvgIpc) is 3.65. The van der Waals surface area contributed by atoms with Gasteiger partial charge >= 0.3 is 5.91 Å². The number of thiazole rings is 1. The maximum Gasteiger partial charge on any atom is 0.301 e. The molecule has 0 spiro atoms. The lowest BCUT2D eigenvalue weighted by atomic mass is 9.94. The van der Waals surface area contributed by atoms with Gasteiger partial charge in [-0.25, -0.2) is 4.98 Å². The summed E-state index contributed by atoms with van der Waals surface area (Å²) in [5, 5.41) is 12.1. The number of aryl methyl sites for hydroxylation is 1. The molecule has 3 heterocycles. The van der Waals surface area contributed by atoms with Crippen molar-refractivity contribution in [3.05, 3.63) is 82.4 Å². The first-order valence-electron chi connectivity index (χ1n) is 14.7. The molecule has 0 aliphatic carbocycles. The van der Waals surface area contributed by atoms with Gasteiger partial charge in [0, 0.05) is 12.0 Å². The van der Waals surface area contributed by atoms with Gasteiger partial charge in [-0.2, -0.15) is 0 Å². The predicted molar refractivity (Wildman–Crippen MR) is 167 cm³/mol. The van der Waals surface area contributed by atoms with Crippen LogP contribution in [0.5, 0.6) is 17.2 Å². The van der Waals surface area contributed by atoms with Gasteiger partial charge in [-0.3, -0.25) is 14.5 Å². The number of nitrogens with zero attached hydrogens (tertiary/aromatic N) is 2. The van der Waals surface area contributed by atoms with Crippen molar-refractivity contribution >= 4 is 44.1 Å². The van der Waals surface area contributed by atoms with Gasteiger partial charge in [-0.15, -0.1) is 0 Å². The first-order chi connectivity index (χ1) is 20.8. The summed E-state index contributed by atoms with van der Waals surface area (Å²) >= 11 is 1.34. The lowest BCUT2D eigenvalue weighted by molar-refractivity contribution is -0.132. The van der Waals surface area contributed by atoms with Crippen LogP contribution in [0.25, 0.3) is 16.0 Å². The Kier molecular flexibility index (Phi) is 7.83. The minimum atomic E-state index is -0.936. The average molecular weight is 599 g/mol. The van der Waals surface area contributed by atoms with E-state index in [9.17, 15) is 14.7 Å². The molecule has 0 saturated carbocycles. The van der Waals surface area contributed by atoms with E-state index in [0.29, 0.717) is 47.4 Å². The fourth-order valence-electron chi connectivity index (χ4n) is 5.60. The molecule has 3 aromatic carbocycles. The standard InChI is InChI=1S/C34H34N2O6S/c1-5-7-14-41-26-13-9-21(18-27(26)40-6-2)30-29(31(37)22-10-12-25-23(17-22)16-20(4)42-25)32(38)33(39)36(30)34-35-24-11-8-19(3)15-28(24)43-34/h8-13,15,17-18,20,30,37H,5-7,14,16H2,1-4H3/b31-29-. The van der Waals surface area contributed by atoms with E-state index in [4.69, 9.17) is 19.2 Å². The highest BCUT2D eigenvalue weighted by Crippen LogP contribution is 2.46. The van der Waals surface area contributed by atoms with E-state index < -0.39 is 17.7 Å². The van der Waals surface area contributed by atoms with Crippen molar-refractivity contribution in [2.75, 3.05) is 18.1 Å². The van der Waals surface area contributed by atoms with Gasteiger partial charge in [0.15, 0.2) is 16.6 Å². The Labute approximate surface area is 254 Å². The number of fused-ring (bicyclic) bond motifs is 2. The molecule has 2 unspecified atom stereocenters. The third-order valence-corrected chi connectivity index (χ3v) is 8.71. The largest absolute Gasteiger partial charge is 0.507 e. The number of rotatable bonds is 9. The number of aliphatic hydroxyl groups is 1. The number of aliphatic hydroxyl groups excluding tert-OH is 1. The summed E-state index contributed by atoms with van der Waals surface area (Å²) in [7, 11) is 0. The quantitative estimate of drug-likeness (QED) is 0.0947. The highest BCUT2D eigenvalue weighted by molar-refractivity contribution is 7.22. The summed E-state index contributed by atoms with van der Waals surface area (Å²) in [5.41, 5.74) is 3.78. The molecule has 2 aliphatic heterocycles. The molecule has 8 nitrogen and oxygen atoms in total. The number of carbonyl (C=O) groups is 2. The number of ether oxygens (including phenoxy) is 3. The smallest absolute Gasteiger partial charge is 0.301 e. The molecule has 1 N–H and O–H groups in total. The molecule has 6 rings (SSSR count). The van der Waals surface area contributed by atoms with E-state index in [2.05, 4.69) is 6.92 Å². The van der Waals surface area contributed by atoms with Gasteiger partial charge < -0.3 is 19.3 Å². The van der Waals surface area contributed by atoms with E-state index in [1.807, 2.05) is 51.1 Å². The number of hydrogen-bond donors (Lipinski definition) is 1. The number of Topliss-reactive ketones (excluding diaryl/α,β-unsaturated/α-hetero) is 1. The Morgan fingerprint density at radius 2 is 1.91 bits per heavy atom. The van der Waals surface area contributed by atoms with Gasteiger partial charge in [-0.1, -0.05) is 36.8 Å². The van der Waals surface area contributed by atoms with E-state index in [1.54, 1.807) is 24.3 Å². The molecule has 1 saturated heterocycles. The van der Waals surface area contributed by atoms with Crippen molar-refractivity contribution in [2.45, 2.75) is 59.1 Å². The van der Waals surface area contributed by atoms with Crippen LogP contribution < -0.4 is 19.1 Å². The second-order valence-electron chi connectivity index (χ2n) is 10.9. The maximum absolute atomic E-state index is 13.8. The van der Waals surface area contributed by atoms with E-state index in [-0.39, 0.29) is 17.4 Å². The van der Waals surface area contributed by atoms with Crippen molar-refractivity contribution in [1.29, 1.82) is 0 Å². The van der Waals surface area contributed by atoms with Crippen molar-refractivity contribution in [3.63, 3.8) is 0 Å². The van der Waals surface area contributed by atoms with E-state index in [1.165, 1.54) is 16.2 Å². The Hall–Kier alpha value is -4.37. The molecule has 1 fully saturated rings. The van der Waals surface area contributed by atoms with Crippen LogP contribution in [0.3, 0.4) is 0 Å². The van der Waals surface area contributed by atoms with Gasteiger partial charge in [0.2, 0.25) is 0 Å². The molecule has 1 amide bonds. The van der Waals surface area contributed by atoms with Crippen molar-refractivity contribution in [2.24, 2.45) is 0 Å². The van der Waals surface area contributed by atoms with Gasteiger partial charge in [0.25, 0.3) is 5.78 Å². The summed E-state index contributed by atoms with van der Waals surface area (Å²) in [6.07, 6.45) is 2.61. The van der Waals surface area contributed by atoms with Gasteiger partial charge in [0.1, 0.15) is 17.6 Å². The van der Waals surface area contributed by atoms with Crippen LogP contribution in [0.4, 0.5) is 5.13 Å². The third-order valence-electron chi connectivity index (χ3n) is 7.69. The molecular weight excluding hydrogens is 564 g/mol. The zero-order valence-electron chi connectivity index (χ0n) is 24.7. The maximum atomic E-state index is 13.8. The van der Waals surface area contributed by atoms with Crippen LogP contribution >= 0.6 is 11.3 Å². The molecule has 2 atom stereocenters. The highest BCUT2D eigenvalue weighted by atomic mass is 32.1. The fraction of sp³-hybridized carbons (Fsp3) is 0.324. The Balaban J connectivity index is 1.51. The second kappa shape index (κ2) is 11.7. The summed E-state index contributed by atoms with van der Waals surface area (Å²) in [5.74, 6) is 0.0766. The summed E-state index contributed by atoms with van der Waals surface area (Å²) in [6, 6.07) is 15.7. The Morgan fingerprint density at radius 1 is 1.07 bits per heavy atom. The zero-order valence-corrected chi connectivity index (χ0v) is 25.5. The Morgan fingerprint density at radius 3 is 2.70 bits per heavy atom. The molecule has 2 aliphatic rings. The normalized spacial score (nSPS) is 19.1. The minimum absolute atomic E-state index is 0.00514. The number of unbranched alkanes of at least 4 members (excludes halogenated alkanes) is 1. The summed E-state index contributed by atoms with van der Waals surface area (Å²) < 4.78 is 18.7. The predicted octanol–water partition coefficient (Wildman–Crippen LogP) is 7.13. The first-order valence-corrected chi connectivity index (χ1v) is 15.5. The summed E-state index contributed by atoms with van der Waals surface area (Å²) in [4.78, 5) is 33.7. The molecule has 0 radical (unpaired) electrons. The van der Waals surface area contributed by atoms with Crippen LogP contribution in [0, 0.1) is 6.92 Å². The number of ketones is 1. The van der Waals surface area contributed by atoms with Crippen LogP contribution in [-0.2, 0) is 16.0 Å². The Bertz CT molecular complexity index is 1760. The number of hydrogen-bond acceptors (Lipinski definition) is 8. The molecular formula is C34H34N2O6S. The third kappa shape index (κ3) is 5.33. The zero-order chi connectivity index (χ0) is 30.2. The first kappa shape index (κ1) is 28.7. The number of amides is 1. The van der Waals surface area contributed by atoms with Crippen LogP contribution in [-0.4, -0.2) is 41.1 Å². The second-order valence-corrected chi connectivity index (χ2v) is 11.9. The van der Waals surface area contributed by atoms with Crippen molar-refractivity contribution in [1.82, 2.24) is 4.98 Å². The molecule has 9 heteroatoms. The topological polar surface area (TPSA) is 98.2 Å². The molecule has 43 heavy (non-hydrogen) atoms. The lowest BCUT2D eigenvalue weighted by Gasteiger charge is -2.24. The molecule has 4 aromatic rings. The van der Waals surface area contributed by atoms with Crippen LogP contribution in [0.2, 0.25) is 0 Å². The van der Waals surface area contributed by atoms with E-state index >= 15 is 0 Å². The van der Waals surface area contributed by atoms with E-state index in [0.717, 1.165) is 39.9 Å². The fourth-order valence-corrected chi connectivity index (χ4v) is 6.69. The lowest BCUT2D eigenvalue weighted by Crippen LogP contribution is -2.29. The summed E-state index contributed by atoms with van der Waals surface area (Å²) in [6.45, 7) is 8.90. The van der Waals surface area contributed by atoms with Crippen LogP contribution in [0.1, 0.15) is 61.9 Å². The minimum Gasteiger partial charge on any atom is -0.507 e. The van der Waals surface area contributed by atoms with Crippen molar-refractivity contribution < 1.29 is 28.9 Å².